The molecule has 28 heavy (non-hydrogen) atoms. The van der Waals surface area contributed by atoms with Gasteiger partial charge in [-0.25, -0.2) is 4.39 Å². The fourth-order valence-corrected chi connectivity index (χ4v) is 3.44. The van der Waals surface area contributed by atoms with Crippen LogP contribution < -0.4 is 20.3 Å². The van der Waals surface area contributed by atoms with Gasteiger partial charge in [-0.05, 0) is 24.3 Å². The summed E-state index contributed by atoms with van der Waals surface area (Å²) >= 11 is 0. The summed E-state index contributed by atoms with van der Waals surface area (Å²) in [5.74, 6) is -0.510. The number of nitrogens with zero attached hydrogens (tertiary/aromatic N) is 3. The molecule has 3 aromatic rings. The van der Waals surface area contributed by atoms with Crippen LogP contribution in [-0.4, -0.2) is 49.0 Å². The molecular weight excluding hydrogens is 361 g/mol. The number of aromatic nitrogens is 2. The summed E-state index contributed by atoms with van der Waals surface area (Å²) in [5, 5.41) is 11.0. The Labute approximate surface area is 162 Å². The lowest BCUT2D eigenvalue weighted by molar-refractivity contribution is 0.102. The molecule has 2 heterocycles. The molecule has 2 aromatic carbocycles. The number of carbonyl (C=O) groups is 1. The number of amides is 1. The van der Waals surface area contributed by atoms with E-state index in [1.165, 1.54) is 13.2 Å². The predicted molar refractivity (Wildman–Crippen MR) is 107 cm³/mol. The molecule has 7 nitrogen and oxygen atoms in total. The van der Waals surface area contributed by atoms with Crippen LogP contribution in [0.3, 0.4) is 0 Å². The summed E-state index contributed by atoms with van der Waals surface area (Å²) in [4.78, 5) is 14.9. The highest BCUT2D eigenvalue weighted by molar-refractivity contribution is 6.08. The van der Waals surface area contributed by atoms with E-state index in [1.807, 2.05) is 19.3 Å². The number of halogens is 1. The number of piperazine rings is 1. The smallest absolute Gasteiger partial charge is 0.259 e. The lowest BCUT2D eigenvalue weighted by Crippen LogP contribution is -2.43. The molecule has 0 atom stereocenters. The summed E-state index contributed by atoms with van der Waals surface area (Å²) < 4.78 is 21.6. The summed E-state index contributed by atoms with van der Waals surface area (Å²) in [6.07, 6.45) is 1.81. The number of hydrogen-bond donors (Lipinski definition) is 2. The third-order valence-electron chi connectivity index (χ3n) is 4.87. The van der Waals surface area contributed by atoms with Crippen LogP contribution in [0.4, 0.5) is 15.8 Å². The Morgan fingerprint density at radius 1 is 1.25 bits per heavy atom. The molecule has 1 fully saturated rings. The molecule has 1 saturated heterocycles. The zero-order valence-electron chi connectivity index (χ0n) is 15.8. The van der Waals surface area contributed by atoms with Crippen LogP contribution in [0.15, 0.2) is 36.5 Å². The van der Waals surface area contributed by atoms with Crippen molar-refractivity contribution in [3.63, 3.8) is 0 Å². The van der Waals surface area contributed by atoms with Gasteiger partial charge in [-0.15, -0.1) is 0 Å². The number of hydrogen-bond acceptors (Lipinski definition) is 5. The van der Waals surface area contributed by atoms with Gasteiger partial charge in [-0.3, -0.25) is 9.48 Å². The molecule has 1 aliphatic heterocycles. The fraction of sp³-hybridized carbons (Fsp3) is 0.300. The van der Waals surface area contributed by atoms with E-state index in [0.29, 0.717) is 11.3 Å². The van der Waals surface area contributed by atoms with E-state index in [1.54, 1.807) is 22.9 Å². The maximum Gasteiger partial charge on any atom is 0.259 e. The third kappa shape index (κ3) is 3.50. The molecule has 0 saturated carbocycles. The maximum absolute atomic E-state index is 14.6. The van der Waals surface area contributed by atoms with Gasteiger partial charge in [0.05, 0.1) is 23.9 Å². The van der Waals surface area contributed by atoms with Gasteiger partial charge in [-0.2, -0.15) is 5.10 Å². The summed E-state index contributed by atoms with van der Waals surface area (Å²) in [7, 11) is 3.30. The molecule has 0 radical (unpaired) electrons. The number of nitrogens with one attached hydrogen (secondary N) is 2. The number of fused-ring (bicyclic) bond motifs is 1. The first-order chi connectivity index (χ1) is 13.5. The van der Waals surface area contributed by atoms with E-state index in [4.69, 9.17) is 4.74 Å². The molecule has 4 rings (SSSR count). The predicted octanol–water partition coefficient (Wildman–Crippen LogP) is 2.38. The number of rotatable bonds is 4. The first kappa shape index (κ1) is 18.2. The highest BCUT2D eigenvalue weighted by atomic mass is 19.1. The zero-order valence-corrected chi connectivity index (χ0v) is 15.8. The molecule has 0 aliphatic carbocycles. The second-order valence-electron chi connectivity index (χ2n) is 6.77. The second-order valence-corrected chi connectivity index (χ2v) is 6.77. The number of carbonyl (C=O) groups excluding carboxylic acids is 1. The van der Waals surface area contributed by atoms with Crippen LogP contribution in [-0.2, 0) is 7.05 Å². The van der Waals surface area contributed by atoms with Gasteiger partial charge in [0.15, 0.2) is 0 Å². The quantitative estimate of drug-likeness (QED) is 0.724. The molecule has 1 aliphatic rings. The molecule has 0 bridgehead atoms. The lowest BCUT2D eigenvalue weighted by Gasteiger charge is -2.29. The second kappa shape index (κ2) is 7.47. The van der Waals surface area contributed by atoms with Gasteiger partial charge in [0.25, 0.3) is 5.91 Å². The van der Waals surface area contributed by atoms with E-state index in [9.17, 15) is 9.18 Å². The number of anilines is 2. The van der Waals surface area contributed by atoms with Crippen molar-refractivity contribution in [2.45, 2.75) is 0 Å². The minimum absolute atomic E-state index is 0.136. The van der Waals surface area contributed by atoms with E-state index in [-0.39, 0.29) is 5.69 Å². The van der Waals surface area contributed by atoms with Gasteiger partial charge in [-0.1, -0.05) is 0 Å². The Morgan fingerprint density at radius 3 is 2.75 bits per heavy atom. The van der Waals surface area contributed by atoms with Gasteiger partial charge >= 0.3 is 0 Å². The Kier molecular flexibility index (Phi) is 4.87. The Bertz CT molecular complexity index is 1030. The molecule has 146 valence electrons. The lowest BCUT2D eigenvalue weighted by atomic mass is 10.1. The highest BCUT2D eigenvalue weighted by Gasteiger charge is 2.18. The van der Waals surface area contributed by atoms with Crippen LogP contribution in [0.5, 0.6) is 5.75 Å². The van der Waals surface area contributed by atoms with Crippen molar-refractivity contribution < 1.29 is 13.9 Å². The van der Waals surface area contributed by atoms with E-state index < -0.39 is 11.7 Å². The van der Waals surface area contributed by atoms with Gasteiger partial charge in [0.1, 0.15) is 11.6 Å². The Hall–Kier alpha value is -3.13. The molecule has 0 spiro atoms. The monoisotopic (exact) mass is 383 g/mol. The largest absolute Gasteiger partial charge is 0.496 e. The normalized spacial score (nSPS) is 14.3. The maximum atomic E-state index is 14.6. The van der Waals surface area contributed by atoms with Gasteiger partial charge in [0.2, 0.25) is 0 Å². The van der Waals surface area contributed by atoms with Crippen molar-refractivity contribution in [3.05, 3.63) is 47.9 Å². The van der Waals surface area contributed by atoms with Crippen LogP contribution >= 0.6 is 0 Å². The fourth-order valence-electron chi connectivity index (χ4n) is 3.44. The van der Waals surface area contributed by atoms with Crippen molar-refractivity contribution in [1.29, 1.82) is 0 Å². The van der Waals surface area contributed by atoms with Crippen LogP contribution in [0.1, 0.15) is 10.4 Å². The standard InChI is InChI=1S/C20H22FN5O2/c1-25-12-13-9-15(19(28-2)11-18(13)24-25)20(27)23-17-4-3-14(10-16(17)21)26-7-5-22-6-8-26/h3-4,9-12,22H,5-8H2,1-2H3,(H,23,27). The number of aryl methyl sites for hydroxylation is 1. The van der Waals surface area contributed by atoms with Crippen LogP contribution in [0, 0.1) is 5.82 Å². The topological polar surface area (TPSA) is 71.4 Å². The van der Waals surface area contributed by atoms with Gasteiger partial charge in [0, 0.05) is 56.6 Å². The molecule has 0 unspecified atom stereocenters. The zero-order chi connectivity index (χ0) is 19.7. The number of ether oxygens (including phenoxy) is 1. The number of benzene rings is 2. The molecule has 1 amide bonds. The first-order valence-corrected chi connectivity index (χ1v) is 9.13. The van der Waals surface area contributed by atoms with E-state index in [2.05, 4.69) is 20.6 Å². The minimum Gasteiger partial charge on any atom is -0.496 e. The summed E-state index contributed by atoms with van der Waals surface area (Å²) in [5.41, 5.74) is 2.00. The third-order valence-corrected chi connectivity index (χ3v) is 4.87. The highest BCUT2D eigenvalue weighted by Crippen LogP contribution is 2.27. The molecule has 8 heteroatoms. The first-order valence-electron chi connectivity index (χ1n) is 9.13. The summed E-state index contributed by atoms with van der Waals surface area (Å²) in [6.45, 7) is 3.40. The number of methoxy groups -OCH3 is 1. The summed E-state index contributed by atoms with van der Waals surface area (Å²) in [6, 6.07) is 8.28. The van der Waals surface area contributed by atoms with E-state index in [0.717, 1.165) is 42.8 Å². The Morgan fingerprint density at radius 2 is 2.04 bits per heavy atom. The van der Waals surface area contributed by atoms with Crippen LogP contribution in [0.2, 0.25) is 0 Å². The van der Waals surface area contributed by atoms with Gasteiger partial charge < -0.3 is 20.3 Å². The van der Waals surface area contributed by atoms with Crippen molar-refractivity contribution in [2.75, 3.05) is 43.5 Å². The van der Waals surface area contributed by atoms with Crippen molar-refractivity contribution >= 4 is 28.2 Å². The van der Waals surface area contributed by atoms with Crippen molar-refractivity contribution in [1.82, 2.24) is 15.1 Å². The molecular formula is C20H22FN5O2. The SMILES string of the molecule is COc1cc2nn(C)cc2cc1C(=O)Nc1ccc(N2CCNCC2)cc1F. The Balaban J connectivity index is 1.58. The van der Waals surface area contributed by atoms with Crippen molar-refractivity contribution in [3.8, 4) is 5.75 Å². The minimum atomic E-state index is -0.467. The van der Waals surface area contributed by atoms with Crippen molar-refractivity contribution in [2.24, 2.45) is 7.05 Å². The van der Waals surface area contributed by atoms with Crippen LogP contribution in [0.25, 0.3) is 10.9 Å². The van der Waals surface area contributed by atoms with E-state index >= 15 is 0 Å². The average molecular weight is 383 g/mol. The average Bonchev–Trinajstić information content (AvgIpc) is 3.08. The molecule has 2 N–H and O–H groups in total. The molecule has 1 aromatic heterocycles.